The third-order valence-electron chi connectivity index (χ3n) is 4.14. The summed E-state index contributed by atoms with van der Waals surface area (Å²) in [6.07, 6.45) is 0.956. The molecule has 0 aromatic heterocycles. The zero-order chi connectivity index (χ0) is 17.1. The maximum absolute atomic E-state index is 11.9. The fourth-order valence-corrected chi connectivity index (χ4v) is 5.45. The van der Waals surface area contributed by atoms with Crippen LogP contribution in [-0.4, -0.2) is 33.9 Å². The topological polar surface area (TPSA) is 44.8 Å². The summed E-state index contributed by atoms with van der Waals surface area (Å²) in [5.74, 6) is -0.481. The highest BCUT2D eigenvalue weighted by molar-refractivity contribution is 6.95. The zero-order valence-electron chi connectivity index (χ0n) is 14.5. The number of carbonyl (C=O) groups excluding carboxylic acids is 1. The van der Waals surface area contributed by atoms with Crippen molar-refractivity contribution < 1.29 is 19.3 Å². The molecule has 0 aliphatic heterocycles. The SMILES string of the molecule is C=C[Si](CC)(CC)c1ccc(C(=O)OOCCOCCC)cc1. The van der Waals surface area contributed by atoms with Gasteiger partial charge in [0.15, 0.2) is 0 Å². The number of rotatable bonds is 11. The summed E-state index contributed by atoms with van der Waals surface area (Å²) in [5, 5.41) is 1.29. The number of carbonyl (C=O) groups is 1. The quantitative estimate of drug-likeness (QED) is 0.268. The number of hydrogen-bond donors (Lipinski definition) is 0. The third kappa shape index (κ3) is 5.60. The lowest BCUT2D eigenvalue weighted by Gasteiger charge is -2.25. The smallest absolute Gasteiger partial charge is 0.373 e. The molecule has 0 bridgehead atoms. The lowest BCUT2D eigenvalue weighted by molar-refractivity contribution is -0.247. The van der Waals surface area contributed by atoms with Crippen molar-refractivity contribution in [3.8, 4) is 0 Å². The van der Waals surface area contributed by atoms with Crippen LogP contribution in [0.3, 0.4) is 0 Å². The van der Waals surface area contributed by atoms with Crippen LogP contribution in [0.4, 0.5) is 0 Å². The highest BCUT2D eigenvalue weighted by Gasteiger charge is 2.27. The van der Waals surface area contributed by atoms with Gasteiger partial charge in [0.1, 0.15) is 14.7 Å². The van der Waals surface area contributed by atoms with Gasteiger partial charge in [-0.3, -0.25) is 4.89 Å². The lowest BCUT2D eigenvalue weighted by atomic mass is 10.2. The Bertz CT molecular complexity index is 480. The van der Waals surface area contributed by atoms with Gasteiger partial charge < -0.3 is 4.74 Å². The van der Waals surface area contributed by atoms with Gasteiger partial charge in [0.25, 0.3) is 0 Å². The second kappa shape index (κ2) is 10.4. The van der Waals surface area contributed by atoms with Crippen molar-refractivity contribution >= 4 is 19.2 Å². The lowest BCUT2D eigenvalue weighted by Crippen LogP contribution is -2.44. The number of benzene rings is 1. The normalized spacial score (nSPS) is 11.3. The van der Waals surface area contributed by atoms with E-state index in [9.17, 15) is 4.79 Å². The van der Waals surface area contributed by atoms with Gasteiger partial charge in [0.05, 0.1) is 12.2 Å². The molecule has 0 spiro atoms. The van der Waals surface area contributed by atoms with Crippen LogP contribution in [0.15, 0.2) is 36.5 Å². The van der Waals surface area contributed by atoms with E-state index in [0.717, 1.165) is 18.5 Å². The largest absolute Gasteiger partial charge is 0.379 e. The molecular formula is C18H28O4Si. The summed E-state index contributed by atoms with van der Waals surface area (Å²) in [6, 6.07) is 9.84. The zero-order valence-corrected chi connectivity index (χ0v) is 15.5. The van der Waals surface area contributed by atoms with Crippen LogP contribution in [0.5, 0.6) is 0 Å². The molecule has 23 heavy (non-hydrogen) atoms. The van der Waals surface area contributed by atoms with Crippen LogP contribution in [-0.2, 0) is 14.5 Å². The maximum Gasteiger partial charge on any atom is 0.373 e. The van der Waals surface area contributed by atoms with Crippen molar-refractivity contribution in [1.82, 2.24) is 0 Å². The van der Waals surface area contributed by atoms with Crippen molar-refractivity contribution in [2.45, 2.75) is 39.3 Å². The van der Waals surface area contributed by atoms with Crippen LogP contribution < -0.4 is 5.19 Å². The van der Waals surface area contributed by atoms with Crippen molar-refractivity contribution in [1.29, 1.82) is 0 Å². The van der Waals surface area contributed by atoms with Gasteiger partial charge in [-0.15, -0.1) is 6.58 Å². The van der Waals surface area contributed by atoms with Gasteiger partial charge in [0, 0.05) is 6.61 Å². The molecule has 5 heteroatoms. The summed E-state index contributed by atoms with van der Waals surface area (Å²) in [6.45, 7) is 11.8. The van der Waals surface area contributed by atoms with Gasteiger partial charge in [-0.25, -0.2) is 4.79 Å². The number of ether oxygens (including phenoxy) is 1. The van der Waals surface area contributed by atoms with E-state index >= 15 is 0 Å². The van der Waals surface area contributed by atoms with Gasteiger partial charge in [-0.2, -0.15) is 4.89 Å². The predicted molar refractivity (Wildman–Crippen MR) is 95.5 cm³/mol. The van der Waals surface area contributed by atoms with Gasteiger partial charge in [-0.05, 0) is 18.6 Å². The molecule has 0 unspecified atom stereocenters. The molecule has 0 heterocycles. The molecule has 0 saturated carbocycles. The van der Waals surface area contributed by atoms with Gasteiger partial charge in [0.2, 0.25) is 0 Å². The summed E-state index contributed by atoms with van der Waals surface area (Å²) >= 11 is 0. The molecular weight excluding hydrogens is 308 g/mol. The summed E-state index contributed by atoms with van der Waals surface area (Å²) in [7, 11) is -1.63. The van der Waals surface area contributed by atoms with Crippen molar-refractivity contribution in [2.75, 3.05) is 19.8 Å². The minimum absolute atomic E-state index is 0.238. The average Bonchev–Trinajstić information content (AvgIpc) is 2.60. The summed E-state index contributed by atoms with van der Waals surface area (Å²) < 4.78 is 5.24. The Morgan fingerprint density at radius 3 is 2.26 bits per heavy atom. The Balaban J connectivity index is 2.55. The Morgan fingerprint density at radius 2 is 1.74 bits per heavy atom. The first-order valence-electron chi connectivity index (χ1n) is 8.29. The van der Waals surface area contributed by atoms with Gasteiger partial charge in [-0.1, -0.05) is 55.9 Å². The first kappa shape index (κ1) is 19.6. The predicted octanol–water partition coefficient (Wildman–Crippen LogP) is 3.62. The van der Waals surface area contributed by atoms with E-state index < -0.39 is 14.0 Å². The molecule has 1 rings (SSSR count). The molecule has 0 amide bonds. The Kier molecular flexibility index (Phi) is 8.84. The second-order valence-electron chi connectivity index (χ2n) is 5.45. The van der Waals surface area contributed by atoms with E-state index in [-0.39, 0.29) is 6.61 Å². The Hall–Kier alpha value is -1.43. The van der Waals surface area contributed by atoms with E-state index in [2.05, 4.69) is 26.1 Å². The minimum atomic E-state index is -1.63. The standard InChI is InChI=1S/C18H28O4Si/c1-5-13-20-14-15-21-22-18(19)16-9-11-17(12-10-16)23(6-2,7-3)8-4/h6,9-12H,2,5,7-8,13-15H2,1,3-4H3. The van der Waals surface area contributed by atoms with Crippen molar-refractivity contribution in [3.63, 3.8) is 0 Å². The molecule has 0 radical (unpaired) electrons. The molecule has 1 aromatic carbocycles. The molecule has 128 valence electrons. The number of hydrogen-bond acceptors (Lipinski definition) is 4. The summed E-state index contributed by atoms with van der Waals surface area (Å²) in [5.41, 5.74) is 2.61. The first-order valence-corrected chi connectivity index (χ1v) is 10.8. The van der Waals surface area contributed by atoms with Crippen molar-refractivity contribution in [2.24, 2.45) is 0 Å². The Morgan fingerprint density at radius 1 is 1.09 bits per heavy atom. The first-order chi connectivity index (χ1) is 11.1. The van der Waals surface area contributed by atoms with Crippen LogP contribution >= 0.6 is 0 Å². The molecule has 0 fully saturated rings. The van der Waals surface area contributed by atoms with Crippen LogP contribution in [0.25, 0.3) is 0 Å². The highest BCUT2D eigenvalue weighted by Crippen LogP contribution is 2.17. The summed E-state index contributed by atoms with van der Waals surface area (Å²) in [4.78, 5) is 21.6. The van der Waals surface area contributed by atoms with E-state index in [0.29, 0.717) is 18.8 Å². The molecule has 1 aromatic rings. The Labute approximate surface area is 140 Å². The van der Waals surface area contributed by atoms with E-state index in [1.807, 2.05) is 19.1 Å². The monoisotopic (exact) mass is 336 g/mol. The van der Waals surface area contributed by atoms with Crippen LogP contribution in [0.2, 0.25) is 12.1 Å². The molecule has 0 aliphatic carbocycles. The molecule has 0 aliphatic rings. The average molecular weight is 337 g/mol. The highest BCUT2D eigenvalue weighted by atomic mass is 28.3. The van der Waals surface area contributed by atoms with E-state index in [1.165, 1.54) is 5.19 Å². The minimum Gasteiger partial charge on any atom is -0.379 e. The van der Waals surface area contributed by atoms with E-state index in [1.54, 1.807) is 12.1 Å². The van der Waals surface area contributed by atoms with Gasteiger partial charge >= 0.3 is 5.97 Å². The molecule has 0 N–H and O–H groups in total. The third-order valence-corrected chi connectivity index (χ3v) is 8.93. The molecule has 0 saturated heterocycles. The van der Waals surface area contributed by atoms with Crippen LogP contribution in [0, 0.1) is 0 Å². The van der Waals surface area contributed by atoms with Crippen molar-refractivity contribution in [3.05, 3.63) is 42.1 Å². The fraction of sp³-hybridized carbons (Fsp3) is 0.500. The fourth-order valence-electron chi connectivity index (χ4n) is 2.49. The van der Waals surface area contributed by atoms with E-state index in [4.69, 9.17) is 14.5 Å². The maximum atomic E-state index is 11.9. The molecule has 4 nitrogen and oxygen atoms in total. The second-order valence-corrected chi connectivity index (χ2v) is 10.2. The van der Waals surface area contributed by atoms with Crippen LogP contribution in [0.1, 0.15) is 37.6 Å². The molecule has 0 atom stereocenters.